The number of allylic oxidation sites excluding steroid dienone is 4. The number of rotatable bonds is 40. The summed E-state index contributed by atoms with van der Waals surface area (Å²) in [6, 6.07) is 8.85. The SMILES string of the molecule is Br.Br.Br.Br.Br.Br.Br.Br.CCNCCCCNCC1CC1CNCCCCN(CC)C(=O)CCC1=C(C)c2cc3[nH]c(cc4[nH]c(cc5nc(cc1n2)C(CCC(=O)N(CC)CCCCNCC1CC1CNCCCCNCC)=C5C)c(CC)c4C)c(CC)c3C. The lowest BCUT2D eigenvalue weighted by atomic mass is 9.97. The summed E-state index contributed by atoms with van der Waals surface area (Å²) in [4.78, 5) is 50.8. The van der Waals surface area contributed by atoms with Crippen molar-refractivity contribution < 1.29 is 9.59 Å². The Kier molecular flexibility index (Phi) is 49.4. The standard InChI is InChI=1S/C68H110N12O2.8BrH/c1-11-55-47(7)59-39-60-49(9)57(25-27-67(81)79(15-5)35-23-21-33-73-45-53-37-51(53)43-71-31-19-17-29-69-13-3)65(77-60)42-66-58(50(10)62(78-66)41-64-56(12-2)48(8)61(76-64)40-63(55)75-59)26-28-68(82)80(16-6)36-24-22-34-74-46-54-38-52(54)44-72-32-20-18-30-70-14-4;;;;;;;;/h39-42,51-54,69-76H,11-38,43-46H2,1-10H3;8*1H. The number of aromatic nitrogens is 4. The molecule has 518 valence electrons. The number of nitrogens with one attached hydrogen (secondary N) is 8. The zero-order valence-corrected chi connectivity index (χ0v) is 69.8. The van der Waals surface area contributed by atoms with Crippen molar-refractivity contribution in [3.05, 3.63) is 69.3 Å². The first-order valence-corrected chi connectivity index (χ1v) is 32.9. The third kappa shape index (κ3) is 27.6. The number of fused-ring (bicyclic) bond motifs is 8. The predicted octanol–water partition coefficient (Wildman–Crippen LogP) is 15.8. The fraction of sp³-hybridized carbons (Fsp3) is 0.676. The maximum Gasteiger partial charge on any atom is 0.222 e. The van der Waals surface area contributed by atoms with Gasteiger partial charge in [0.25, 0.3) is 0 Å². The van der Waals surface area contributed by atoms with Crippen LogP contribution in [0.25, 0.3) is 44.4 Å². The minimum atomic E-state index is 0. The molecule has 3 aromatic rings. The van der Waals surface area contributed by atoms with Crippen LogP contribution in [-0.2, 0) is 22.4 Å². The van der Waals surface area contributed by atoms with Gasteiger partial charge < -0.3 is 51.7 Å². The van der Waals surface area contributed by atoms with Crippen molar-refractivity contribution in [1.29, 1.82) is 0 Å². The molecule has 3 aromatic heterocycles. The lowest BCUT2D eigenvalue weighted by Crippen LogP contribution is -2.32. The number of aromatic amines is 2. The minimum Gasteiger partial charge on any atom is -0.355 e. The normalized spacial score (nSPS) is 16.0. The van der Waals surface area contributed by atoms with Crippen LogP contribution in [0.5, 0.6) is 0 Å². The Hall–Kier alpha value is -0.860. The number of H-pyrrole nitrogens is 2. The van der Waals surface area contributed by atoms with Crippen molar-refractivity contribution in [3.63, 3.8) is 0 Å². The van der Waals surface area contributed by atoms with Crippen LogP contribution in [0.3, 0.4) is 0 Å². The molecule has 8 N–H and O–H groups in total. The lowest BCUT2D eigenvalue weighted by molar-refractivity contribution is -0.131. The quantitative estimate of drug-likeness (QED) is 0.0257. The summed E-state index contributed by atoms with van der Waals surface area (Å²) in [5.41, 5.74) is 17.2. The van der Waals surface area contributed by atoms with E-state index in [0.717, 1.165) is 221 Å². The van der Waals surface area contributed by atoms with Crippen LogP contribution >= 0.6 is 136 Å². The Morgan fingerprint density at radius 3 is 1.10 bits per heavy atom. The molecule has 0 radical (unpaired) electrons. The second kappa shape index (κ2) is 48.8. The molecule has 22 heteroatoms. The van der Waals surface area contributed by atoms with Crippen molar-refractivity contribution in [3.8, 4) is 0 Å². The molecule has 4 unspecified atom stereocenters. The number of carbonyl (C=O) groups excluding carboxylic acids is 2. The zero-order chi connectivity index (χ0) is 58.4. The van der Waals surface area contributed by atoms with Gasteiger partial charge >= 0.3 is 0 Å². The number of amides is 2. The van der Waals surface area contributed by atoms with E-state index in [-0.39, 0.29) is 148 Å². The van der Waals surface area contributed by atoms with E-state index in [4.69, 9.17) is 9.97 Å². The molecule has 0 saturated heterocycles. The van der Waals surface area contributed by atoms with Gasteiger partial charge in [0.15, 0.2) is 0 Å². The first kappa shape index (κ1) is 91.2. The molecule has 5 heterocycles. The number of aryl methyl sites for hydroxylation is 4. The van der Waals surface area contributed by atoms with Gasteiger partial charge in [0.1, 0.15) is 0 Å². The summed E-state index contributed by atoms with van der Waals surface area (Å²) in [6.45, 7) is 37.7. The van der Waals surface area contributed by atoms with Crippen LogP contribution in [0.1, 0.15) is 190 Å². The van der Waals surface area contributed by atoms with E-state index < -0.39 is 0 Å². The highest BCUT2D eigenvalue weighted by molar-refractivity contribution is 8.93. The Morgan fingerprint density at radius 2 is 0.756 bits per heavy atom. The topological polar surface area (TPSA) is 170 Å². The molecule has 7 rings (SSSR count). The van der Waals surface area contributed by atoms with Gasteiger partial charge in [-0.3, -0.25) is 9.59 Å². The van der Waals surface area contributed by atoms with Crippen molar-refractivity contribution in [2.45, 2.75) is 172 Å². The molecule has 8 bridgehead atoms. The molecule has 2 fully saturated rings. The van der Waals surface area contributed by atoms with Gasteiger partial charge in [-0.2, -0.15) is 0 Å². The van der Waals surface area contributed by atoms with Gasteiger partial charge in [-0.1, -0.05) is 27.7 Å². The van der Waals surface area contributed by atoms with Crippen LogP contribution in [0.15, 0.2) is 24.3 Å². The number of hydrogen-bond donors (Lipinski definition) is 8. The van der Waals surface area contributed by atoms with E-state index in [1.807, 2.05) is 9.80 Å². The summed E-state index contributed by atoms with van der Waals surface area (Å²) in [6.07, 6.45) is 15.5. The van der Waals surface area contributed by atoms with Gasteiger partial charge in [-0.05, 0) is 302 Å². The Balaban J connectivity index is 0. The van der Waals surface area contributed by atoms with Crippen LogP contribution in [-0.4, -0.2) is 146 Å². The first-order chi connectivity index (χ1) is 39.9. The van der Waals surface area contributed by atoms with E-state index >= 15 is 0 Å². The molecule has 4 atom stereocenters. The maximum atomic E-state index is 14.1. The Morgan fingerprint density at radius 1 is 0.433 bits per heavy atom. The molecule has 90 heavy (non-hydrogen) atoms. The van der Waals surface area contributed by atoms with E-state index in [1.165, 1.54) is 60.8 Å². The minimum absolute atomic E-state index is 0. The van der Waals surface area contributed by atoms with Crippen LogP contribution < -0.4 is 31.9 Å². The Labute approximate surface area is 627 Å². The second-order valence-corrected chi connectivity index (χ2v) is 24.2. The van der Waals surface area contributed by atoms with E-state index in [2.05, 4.69) is 135 Å². The van der Waals surface area contributed by atoms with E-state index in [1.54, 1.807) is 0 Å². The molecular formula is C68H118Br8N12O2. The van der Waals surface area contributed by atoms with Crippen molar-refractivity contribution >= 4 is 192 Å². The number of nitrogens with zero attached hydrogens (tertiary/aromatic N) is 4. The average Bonchev–Trinajstić information content (AvgIpc) is 1.85. The third-order valence-electron chi connectivity index (χ3n) is 18.4. The van der Waals surface area contributed by atoms with Gasteiger partial charge in [0, 0.05) is 61.1 Å². The van der Waals surface area contributed by atoms with Gasteiger partial charge in [0.2, 0.25) is 11.8 Å². The summed E-state index contributed by atoms with van der Waals surface area (Å²) in [5, 5.41) is 21.6. The predicted molar refractivity (Wildman–Crippen MR) is 428 cm³/mol. The van der Waals surface area contributed by atoms with Gasteiger partial charge in [0.05, 0.1) is 22.8 Å². The molecule has 0 spiro atoms. The molecule has 4 aliphatic rings. The summed E-state index contributed by atoms with van der Waals surface area (Å²) < 4.78 is 0. The van der Waals surface area contributed by atoms with Crippen molar-refractivity contribution in [2.75, 3.05) is 105 Å². The smallest absolute Gasteiger partial charge is 0.222 e. The largest absolute Gasteiger partial charge is 0.355 e. The van der Waals surface area contributed by atoms with Gasteiger partial charge in [-0.25, -0.2) is 9.97 Å². The first-order valence-electron chi connectivity index (χ1n) is 32.9. The number of halogens is 8. The average molecular weight is 1780 g/mol. The van der Waals surface area contributed by atoms with Gasteiger partial charge in [-0.15, -0.1) is 136 Å². The summed E-state index contributed by atoms with van der Waals surface area (Å²) in [7, 11) is 0. The second-order valence-electron chi connectivity index (χ2n) is 24.2. The van der Waals surface area contributed by atoms with Crippen molar-refractivity contribution in [1.82, 2.24) is 61.6 Å². The maximum absolute atomic E-state index is 14.1. The Bertz CT molecular complexity index is 2790. The zero-order valence-electron chi connectivity index (χ0n) is 56.1. The monoisotopic (exact) mass is 1770 g/mol. The molecule has 2 amide bonds. The van der Waals surface area contributed by atoms with Crippen LogP contribution in [0.2, 0.25) is 0 Å². The number of unbranched alkanes of at least 4 members (excludes halogenated alkanes) is 4. The molecule has 14 nitrogen and oxygen atoms in total. The number of carbonyl (C=O) groups is 2. The summed E-state index contributed by atoms with van der Waals surface area (Å²) in [5.74, 6) is 3.57. The fourth-order valence-electron chi connectivity index (χ4n) is 12.7. The molecule has 0 aromatic carbocycles. The lowest BCUT2D eigenvalue weighted by Gasteiger charge is -2.21. The summed E-state index contributed by atoms with van der Waals surface area (Å²) >= 11 is 0. The highest BCUT2D eigenvalue weighted by Gasteiger charge is 2.36. The molecular weight excluding hydrogens is 1660 g/mol. The highest BCUT2D eigenvalue weighted by Crippen LogP contribution is 2.40. The van der Waals surface area contributed by atoms with E-state index in [0.29, 0.717) is 38.8 Å². The molecule has 2 aliphatic heterocycles. The highest BCUT2D eigenvalue weighted by atomic mass is 79.9. The van der Waals surface area contributed by atoms with Crippen molar-refractivity contribution in [2.24, 2.45) is 23.7 Å². The third-order valence-corrected chi connectivity index (χ3v) is 18.4. The fourth-order valence-corrected chi connectivity index (χ4v) is 12.7. The molecule has 2 aliphatic carbocycles. The number of hydrogen-bond acceptors (Lipinski definition) is 10. The van der Waals surface area contributed by atoms with Crippen LogP contribution in [0.4, 0.5) is 0 Å². The van der Waals surface area contributed by atoms with E-state index in [9.17, 15) is 9.59 Å². The van der Waals surface area contributed by atoms with Crippen LogP contribution in [0, 0.1) is 37.5 Å². The molecule has 2 saturated carbocycles.